The molecule has 7 heteroatoms. The summed E-state index contributed by atoms with van der Waals surface area (Å²) in [5.41, 5.74) is -1.55. The van der Waals surface area contributed by atoms with E-state index in [-0.39, 0.29) is 30.9 Å². The number of hydrogen-bond acceptors (Lipinski definition) is 3. The molecular formula is C17H22F3NO3. The summed E-state index contributed by atoms with van der Waals surface area (Å²) >= 11 is 0. The minimum absolute atomic E-state index is 0.0566. The summed E-state index contributed by atoms with van der Waals surface area (Å²) in [5.74, 6) is -0.502. The van der Waals surface area contributed by atoms with Crippen LogP contribution in [-0.4, -0.2) is 47.8 Å². The van der Waals surface area contributed by atoms with Gasteiger partial charge in [-0.05, 0) is 24.1 Å². The summed E-state index contributed by atoms with van der Waals surface area (Å²) in [7, 11) is 1.46. The van der Waals surface area contributed by atoms with Crippen molar-refractivity contribution in [3.05, 3.63) is 41.5 Å². The number of benzene rings is 1. The number of amides is 1. The van der Waals surface area contributed by atoms with Gasteiger partial charge in [0.05, 0.1) is 18.8 Å². The quantitative estimate of drug-likeness (QED) is 0.779. The lowest BCUT2D eigenvalue weighted by Gasteiger charge is -2.30. The van der Waals surface area contributed by atoms with Crippen molar-refractivity contribution in [2.24, 2.45) is 5.41 Å². The number of carbonyl (C=O) groups is 1. The average molecular weight is 345 g/mol. The highest BCUT2D eigenvalue weighted by Gasteiger charge is 2.33. The zero-order valence-corrected chi connectivity index (χ0v) is 13.9. The molecule has 0 saturated carbocycles. The molecule has 0 unspecified atom stereocenters. The van der Waals surface area contributed by atoms with Crippen LogP contribution in [0.15, 0.2) is 30.3 Å². The highest BCUT2D eigenvalue weighted by molar-refractivity contribution is 5.95. The zero-order valence-electron chi connectivity index (χ0n) is 13.9. The van der Waals surface area contributed by atoms with E-state index in [1.165, 1.54) is 37.1 Å². The lowest BCUT2D eigenvalue weighted by atomic mass is 9.92. The second kappa shape index (κ2) is 7.81. The summed E-state index contributed by atoms with van der Waals surface area (Å²) in [5, 5.41) is 18.5. The third kappa shape index (κ3) is 5.07. The molecule has 0 fully saturated rings. The summed E-state index contributed by atoms with van der Waals surface area (Å²) in [6.07, 6.45) is -3.38. The van der Waals surface area contributed by atoms with Crippen molar-refractivity contribution in [2.75, 3.05) is 26.8 Å². The van der Waals surface area contributed by atoms with E-state index in [9.17, 15) is 28.2 Å². The van der Waals surface area contributed by atoms with Crippen LogP contribution >= 0.6 is 0 Å². The van der Waals surface area contributed by atoms with Gasteiger partial charge in [-0.1, -0.05) is 25.1 Å². The van der Waals surface area contributed by atoms with E-state index < -0.39 is 23.1 Å². The molecule has 0 aromatic heterocycles. The first-order valence-electron chi connectivity index (χ1n) is 7.36. The molecule has 0 spiro atoms. The van der Waals surface area contributed by atoms with E-state index in [1.807, 2.05) is 0 Å². The minimum atomic E-state index is -4.51. The molecule has 1 aromatic carbocycles. The standard InChI is InChI=1S/C17H22F3NO3/c1-12(13-6-4-5-7-14(13)17(18,19)20)8-15(24)21(3)9-16(2,10-22)11-23/h4-8,22-23H,9-11H2,1-3H3/b12-8-. The van der Waals surface area contributed by atoms with Crippen LogP contribution in [0, 0.1) is 5.41 Å². The molecule has 1 aromatic rings. The van der Waals surface area contributed by atoms with E-state index in [0.29, 0.717) is 0 Å². The van der Waals surface area contributed by atoms with Crippen LogP contribution in [0.25, 0.3) is 5.57 Å². The topological polar surface area (TPSA) is 60.8 Å². The Morgan fingerprint density at radius 3 is 2.25 bits per heavy atom. The molecule has 0 saturated heterocycles. The van der Waals surface area contributed by atoms with E-state index in [2.05, 4.69) is 0 Å². The number of carbonyl (C=O) groups excluding carboxylic acids is 1. The minimum Gasteiger partial charge on any atom is -0.396 e. The molecule has 0 bridgehead atoms. The molecule has 1 amide bonds. The zero-order chi connectivity index (χ0) is 18.5. The Labute approximate surface area is 139 Å². The SMILES string of the molecule is C/C(=C/C(=O)N(C)CC(C)(CO)CO)c1ccccc1C(F)(F)F. The van der Waals surface area contributed by atoms with Gasteiger partial charge in [0.25, 0.3) is 0 Å². The third-order valence-electron chi connectivity index (χ3n) is 3.76. The van der Waals surface area contributed by atoms with Gasteiger partial charge in [-0.15, -0.1) is 0 Å². The van der Waals surface area contributed by atoms with Crippen LogP contribution in [0.3, 0.4) is 0 Å². The van der Waals surface area contributed by atoms with Gasteiger partial charge in [0, 0.05) is 25.1 Å². The summed E-state index contributed by atoms with van der Waals surface area (Å²) in [6, 6.07) is 5.05. The van der Waals surface area contributed by atoms with Crippen molar-refractivity contribution >= 4 is 11.5 Å². The highest BCUT2D eigenvalue weighted by atomic mass is 19.4. The Balaban J connectivity index is 3.04. The number of aliphatic hydroxyl groups excluding tert-OH is 2. The molecule has 0 aliphatic heterocycles. The Kier molecular flexibility index (Phi) is 6.57. The molecule has 0 aliphatic rings. The van der Waals surface area contributed by atoms with Crippen molar-refractivity contribution in [1.82, 2.24) is 4.90 Å². The lowest BCUT2D eigenvalue weighted by molar-refractivity contribution is -0.137. The van der Waals surface area contributed by atoms with Gasteiger partial charge in [0.2, 0.25) is 5.91 Å². The molecule has 2 N–H and O–H groups in total. The maximum absolute atomic E-state index is 13.0. The number of nitrogens with zero attached hydrogens (tertiary/aromatic N) is 1. The number of alkyl halides is 3. The predicted octanol–water partition coefficient (Wildman–Crippen LogP) is 2.56. The van der Waals surface area contributed by atoms with E-state index in [4.69, 9.17) is 0 Å². The van der Waals surface area contributed by atoms with Crippen molar-refractivity contribution in [3.8, 4) is 0 Å². The number of aliphatic hydroxyl groups is 2. The number of halogens is 3. The molecule has 0 aliphatic carbocycles. The van der Waals surface area contributed by atoms with Crippen molar-refractivity contribution in [2.45, 2.75) is 20.0 Å². The second-order valence-corrected chi connectivity index (χ2v) is 6.19. The van der Waals surface area contributed by atoms with Crippen LogP contribution in [0.1, 0.15) is 25.0 Å². The van der Waals surface area contributed by atoms with Gasteiger partial charge in [-0.3, -0.25) is 4.79 Å². The first-order chi connectivity index (χ1) is 11.0. The Morgan fingerprint density at radius 1 is 1.21 bits per heavy atom. The number of hydrogen-bond donors (Lipinski definition) is 2. The maximum Gasteiger partial charge on any atom is 0.416 e. The van der Waals surface area contributed by atoms with Gasteiger partial charge < -0.3 is 15.1 Å². The average Bonchev–Trinajstić information content (AvgIpc) is 2.53. The van der Waals surface area contributed by atoms with Gasteiger partial charge in [0.15, 0.2) is 0 Å². The van der Waals surface area contributed by atoms with Crippen LogP contribution in [0.2, 0.25) is 0 Å². The van der Waals surface area contributed by atoms with E-state index in [0.717, 1.165) is 12.1 Å². The summed E-state index contributed by atoms with van der Waals surface area (Å²) < 4.78 is 39.1. The van der Waals surface area contributed by atoms with Crippen LogP contribution in [-0.2, 0) is 11.0 Å². The summed E-state index contributed by atoms with van der Waals surface area (Å²) in [4.78, 5) is 13.5. The molecule has 24 heavy (non-hydrogen) atoms. The van der Waals surface area contributed by atoms with Crippen molar-refractivity contribution in [1.29, 1.82) is 0 Å². The highest BCUT2D eigenvalue weighted by Crippen LogP contribution is 2.34. The van der Waals surface area contributed by atoms with Crippen molar-refractivity contribution < 1.29 is 28.2 Å². The fraction of sp³-hybridized carbons (Fsp3) is 0.471. The monoisotopic (exact) mass is 345 g/mol. The van der Waals surface area contributed by atoms with Crippen LogP contribution < -0.4 is 0 Å². The third-order valence-corrected chi connectivity index (χ3v) is 3.76. The predicted molar refractivity (Wildman–Crippen MR) is 85.0 cm³/mol. The van der Waals surface area contributed by atoms with E-state index >= 15 is 0 Å². The molecule has 0 radical (unpaired) electrons. The fourth-order valence-corrected chi connectivity index (χ4v) is 2.25. The summed E-state index contributed by atoms with van der Waals surface area (Å²) in [6.45, 7) is 2.48. The number of likely N-dealkylation sites (N-methyl/N-ethyl adjacent to an activating group) is 1. The largest absolute Gasteiger partial charge is 0.416 e. The fourth-order valence-electron chi connectivity index (χ4n) is 2.25. The van der Waals surface area contributed by atoms with Gasteiger partial charge in [0.1, 0.15) is 0 Å². The lowest BCUT2D eigenvalue weighted by Crippen LogP contribution is -2.41. The van der Waals surface area contributed by atoms with Crippen molar-refractivity contribution in [3.63, 3.8) is 0 Å². The second-order valence-electron chi connectivity index (χ2n) is 6.19. The molecule has 134 valence electrons. The van der Waals surface area contributed by atoms with Crippen LogP contribution in [0.5, 0.6) is 0 Å². The number of allylic oxidation sites excluding steroid dienone is 1. The molecule has 0 atom stereocenters. The molecule has 1 rings (SSSR count). The van der Waals surface area contributed by atoms with Gasteiger partial charge >= 0.3 is 6.18 Å². The molecule has 0 heterocycles. The van der Waals surface area contributed by atoms with Gasteiger partial charge in [-0.2, -0.15) is 13.2 Å². The normalized spacial score (nSPS) is 13.1. The molecular weight excluding hydrogens is 323 g/mol. The first-order valence-corrected chi connectivity index (χ1v) is 7.36. The smallest absolute Gasteiger partial charge is 0.396 e. The Hall–Kier alpha value is -1.86. The maximum atomic E-state index is 13.0. The Morgan fingerprint density at radius 2 is 1.75 bits per heavy atom. The number of rotatable bonds is 6. The van der Waals surface area contributed by atoms with Crippen LogP contribution in [0.4, 0.5) is 13.2 Å². The molecule has 4 nitrogen and oxygen atoms in total. The Bertz CT molecular complexity index is 607. The van der Waals surface area contributed by atoms with Gasteiger partial charge in [-0.25, -0.2) is 0 Å². The van der Waals surface area contributed by atoms with E-state index in [1.54, 1.807) is 6.92 Å². The first kappa shape index (κ1) is 20.2.